The standard InChI is InChI=1S/C18H29BN3O6/c1-11-14(4-3-12(16(11)25)5-6-19-27)28-13-7-22(8-13)10-18(2,20)17(26)21-15(24)9-23/h3-4,13,15,23-25,27H,5-10,20H2,1-2H3,(H,21,26)/t15?,18-/m1/s1. The van der Waals surface area contributed by atoms with Crippen molar-refractivity contribution in [1.29, 1.82) is 0 Å². The molecule has 2 atom stereocenters. The molecule has 7 N–H and O–H groups in total. The van der Waals surface area contributed by atoms with Gasteiger partial charge in [0.2, 0.25) is 5.91 Å². The molecule has 0 aromatic heterocycles. The van der Waals surface area contributed by atoms with E-state index in [0.717, 1.165) is 13.0 Å². The fraction of sp³-hybridized carbons (Fsp3) is 0.611. The molecule has 0 bridgehead atoms. The Labute approximate surface area is 165 Å². The number of carbonyl (C=O) groups is 1. The highest BCUT2D eigenvalue weighted by molar-refractivity contribution is 6.25. The molecule has 1 aromatic carbocycles. The van der Waals surface area contributed by atoms with E-state index in [0.29, 0.717) is 37.1 Å². The van der Waals surface area contributed by atoms with Gasteiger partial charge in [-0.1, -0.05) is 6.07 Å². The van der Waals surface area contributed by atoms with E-state index in [9.17, 15) is 15.0 Å². The number of aliphatic hydroxyl groups excluding tert-OH is 2. The summed E-state index contributed by atoms with van der Waals surface area (Å²) in [7, 11) is 1.07. The maximum Gasteiger partial charge on any atom is 0.287 e. The molecule has 28 heavy (non-hydrogen) atoms. The number of nitrogens with one attached hydrogen (secondary N) is 1. The van der Waals surface area contributed by atoms with Crippen LogP contribution in [0.2, 0.25) is 6.32 Å². The second-order valence-corrected chi connectivity index (χ2v) is 7.44. The fourth-order valence-electron chi connectivity index (χ4n) is 3.09. The smallest absolute Gasteiger partial charge is 0.287 e. The van der Waals surface area contributed by atoms with Crippen LogP contribution in [-0.4, -0.2) is 82.7 Å². The third kappa shape index (κ3) is 5.58. The van der Waals surface area contributed by atoms with Crippen molar-refractivity contribution in [1.82, 2.24) is 10.2 Å². The quantitative estimate of drug-likeness (QED) is 0.207. The minimum atomic E-state index is -1.34. The van der Waals surface area contributed by atoms with E-state index in [4.69, 9.17) is 20.6 Å². The first-order valence-corrected chi connectivity index (χ1v) is 9.23. The van der Waals surface area contributed by atoms with Crippen LogP contribution in [0.15, 0.2) is 12.1 Å². The van der Waals surface area contributed by atoms with Crippen LogP contribution in [0.5, 0.6) is 11.5 Å². The van der Waals surface area contributed by atoms with Gasteiger partial charge in [-0.3, -0.25) is 9.69 Å². The van der Waals surface area contributed by atoms with E-state index in [1.165, 1.54) is 0 Å². The molecule has 0 spiro atoms. The molecule has 1 heterocycles. The lowest BCUT2D eigenvalue weighted by atomic mass is 9.90. The summed E-state index contributed by atoms with van der Waals surface area (Å²) in [6.07, 6.45) is -0.415. The number of aryl methyl sites for hydroxylation is 1. The molecule has 9 nitrogen and oxygen atoms in total. The molecule has 2 rings (SSSR count). The maximum atomic E-state index is 12.1. The Bertz CT molecular complexity index is 682. The SMILES string of the molecule is Cc1c(OC2CN(C[C@@](C)(N)C(=O)NC(O)CO)C2)ccc(CC[B]O)c1O. The number of nitrogens with two attached hydrogens (primary N) is 1. The monoisotopic (exact) mass is 394 g/mol. The number of aromatic hydroxyl groups is 1. The molecule has 1 aromatic rings. The number of aliphatic hydroxyl groups is 2. The molecule has 0 aliphatic carbocycles. The van der Waals surface area contributed by atoms with Crippen LogP contribution in [-0.2, 0) is 11.2 Å². The Morgan fingerprint density at radius 1 is 1.50 bits per heavy atom. The third-order valence-electron chi connectivity index (χ3n) is 4.77. The number of benzene rings is 1. The van der Waals surface area contributed by atoms with E-state index in [1.54, 1.807) is 26.0 Å². The van der Waals surface area contributed by atoms with Gasteiger partial charge in [-0.2, -0.15) is 0 Å². The van der Waals surface area contributed by atoms with Crippen molar-refractivity contribution in [3.05, 3.63) is 23.3 Å². The number of amides is 1. The van der Waals surface area contributed by atoms with Gasteiger partial charge in [0.1, 0.15) is 29.4 Å². The molecule has 1 unspecified atom stereocenters. The fourth-order valence-corrected chi connectivity index (χ4v) is 3.09. The maximum absolute atomic E-state index is 12.1. The van der Waals surface area contributed by atoms with Crippen molar-refractivity contribution >= 4 is 13.4 Å². The van der Waals surface area contributed by atoms with Gasteiger partial charge in [0.25, 0.3) is 7.48 Å². The molecule has 155 valence electrons. The van der Waals surface area contributed by atoms with Gasteiger partial charge in [0.05, 0.1) is 6.61 Å². The highest BCUT2D eigenvalue weighted by Crippen LogP contribution is 2.32. The summed E-state index contributed by atoms with van der Waals surface area (Å²) in [5, 5.41) is 39.4. The van der Waals surface area contributed by atoms with Crippen LogP contribution < -0.4 is 15.8 Å². The van der Waals surface area contributed by atoms with Gasteiger partial charge in [-0.25, -0.2) is 0 Å². The number of nitrogens with zero attached hydrogens (tertiary/aromatic N) is 1. The molecule has 1 amide bonds. The molecule has 10 heteroatoms. The summed E-state index contributed by atoms with van der Waals surface area (Å²) in [5.74, 6) is 0.220. The highest BCUT2D eigenvalue weighted by Gasteiger charge is 2.37. The zero-order chi connectivity index (χ0) is 20.9. The number of phenolic OH excluding ortho intramolecular Hbond substituents is 1. The van der Waals surface area contributed by atoms with Crippen LogP contribution in [0, 0.1) is 6.92 Å². The topological polar surface area (TPSA) is 149 Å². The number of likely N-dealkylation sites (tertiary alicyclic amines) is 1. The van der Waals surface area contributed by atoms with Gasteiger partial charge < -0.3 is 36.1 Å². The van der Waals surface area contributed by atoms with Crippen LogP contribution in [0.4, 0.5) is 0 Å². The number of carbonyl (C=O) groups excluding carboxylic acids is 1. The largest absolute Gasteiger partial charge is 0.507 e. The second kappa shape index (κ2) is 9.57. The summed E-state index contributed by atoms with van der Waals surface area (Å²) in [4.78, 5) is 14.0. The Hall–Kier alpha value is -1.85. The molecule has 1 aliphatic heterocycles. The normalized spacial score (nSPS) is 18.1. The van der Waals surface area contributed by atoms with Gasteiger partial charge in [0, 0.05) is 25.2 Å². The second-order valence-electron chi connectivity index (χ2n) is 7.44. The Kier molecular flexibility index (Phi) is 7.67. The van der Waals surface area contributed by atoms with Crippen molar-refractivity contribution in [2.75, 3.05) is 26.2 Å². The summed E-state index contributed by atoms with van der Waals surface area (Å²) in [6.45, 7) is 4.18. The number of hydrogen-bond acceptors (Lipinski definition) is 8. The van der Waals surface area contributed by atoms with Crippen LogP contribution in [0.25, 0.3) is 0 Å². The van der Waals surface area contributed by atoms with Crippen molar-refractivity contribution in [2.24, 2.45) is 5.73 Å². The minimum absolute atomic E-state index is 0.0865. The minimum Gasteiger partial charge on any atom is -0.507 e. The molecular formula is C18H29BN3O6. The predicted octanol–water partition coefficient (Wildman–Crippen LogP) is -1.52. The van der Waals surface area contributed by atoms with E-state index < -0.39 is 24.3 Å². The van der Waals surface area contributed by atoms with E-state index >= 15 is 0 Å². The van der Waals surface area contributed by atoms with Gasteiger partial charge >= 0.3 is 0 Å². The zero-order valence-corrected chi connectivity index (χ0v) is 16.3. The summed E-state index contributed by atoms with van der Waals surface area (Å²) in [5.41, 5.74) is 6.21. The van der Waals surface area contributed by atoms with Crippen LogP contribution in [0.3, 0.4) is 0 Å². The molecule has 1 aliphatic rings. The zero-order valence-electron chi connectivity index (χ0n) is 16.3. The number of phenols is 1. The van der Waals surface area contributed by atoms with Gasteiger partial charge in [-0.15, -0.1) is 0 Å². The average molecular weight is 394 g/mol. The number of hydrogen-bond donors (Lipinski definition) is 6. The lowest BCUT2D eigenvalue weighted by molar-refractivity contribution is -0.131. The van der Waals surface area contributed by atoms with Crippen molar-refractivity contribution in [2.45, 2.75) is 44.5 Å². The Morgan fingerprint density at radius 3 is 2.79 bits per heavy atom. The first-order chi connectivity index (χ1) is 13.2. The van der Waals surface area contributed by atoms with Gasteiger partial charge in [0.15, 0.2) is 0 Å². The van der Waals surface area contributed by atoms with Crippen molar-refractivity contribution in [3.63, 3.8) is 0 Å². The summed E-state index contributed by atoms with van der Waals surface area (Å²) >= 11 is 0. The third-order valence-corrected chi connectivity index (χ3v) is 4.77. The predicted molar refractivity (Wildman–Crippen MR) is 104 cm³/mol. The Balaban J connectivity index is 1.85. The molecule has 1 saturated heterocycles. The highest BCUT2D eigenvalue weighted by atomic mass is 16.5. The van der Waals surface area contributed by atoms with Crippen molar-refractivity contribution in [3.8, 4) is 11.5 Å². The molecule has 1 radical (unpaired) electrons. The van der Waals surface area contributed by atoms with Crippen LogP contribution in [0.1, 0.15) is 18.1 Å². The van der Waals surface area contributed by atoms with Crippen LogP contribution >= 0.6 is 0 Å². The summed E-state index contributed by atoms with van der Waals surface area (Å²) < 4.78 is 5.94. The van der Waals surface area contributed by atoms with E-state index in [-0.39, 0.29) is 18.4 Å². The first kappa shape index (κ1) is 22.4. The first-order valence-electron chi connectivity index (χ1n) is 9.23. The number of rotatable bonds is 10. The summed E-state index contributed by atoms with van der Waals surface area (Å²) in [6, 6.07) is 3.59. The van der Waals surface area contributed by atoms with Crippen molar-refractivity contribution < 1.29 is 29.9 Å². The van der Waals surface area contributed by atoms with Gasteiger partial charge in [-0.05, 0) is 38.2 Å². The molecule has 1 fully saturated rings. The lowest BCUT2D eigenvalue weighted by Gasteiger charge is -2.42. The lowest BCUT2D eigenvalue weighted by Crippen LogP contribution is -2.65. The number of ether oxygens (including phenoxy) is 1. The van der Waals surface area contributed by atoms with E-state index in [1.807, 2.05) is 4.90 Å². The Morgan fingerprint density at radius 2 is 2.18 bits per heavy atom. The molecule has 0 saturated carbocycles. The average Bonchev–Trinajstić information content (AvgIpc) is 2.62. The van der Waals surface area contributed by atoms with E-state index in [2.05, 4.69) is 5.32 Å². The molecular weight excluding hydrogens is 365 g/mol.